The first kappa shape index (κ1) is 10.4. The number of aromatic nitrogens is 2. The third-order valence-electron chi connectivity index (χ3n) is 3.40. The Hall–Kier alpha value is -1.56. The maximum atomic E-state index is 6.06. The molecule has 6 heteroatoms. The van der Waals surface area contributed by atoms with Gasteiger partial charge in [0, 0.05) is 11.5 Å². The van der Waals surface area contributed by atoms with Crippen molar-refractivity contribution in [1.29, 1.82) is 0 Å². The van der Waals surface area contributed by atoms with Crippen LogP contribution in [-0.4, -0.2) is 16.7 Å². The number of rotatable bonds is 2. The Labute approximate surface area is 108 Å². The van der Waals surface area contributed by atoms with Gasteiger partial charge in [-0.25, -0.2) is 0 Å². The zero-order valence-electron chi connectivity index (χ0n) is 9.81. The Kier molecular flexibility index (Phi) is 2.14. The van der Waals surface area contributed by atoms with Crippen LogP contribution in [0.15, 0.2) is 4.52 Å². The summed E-state index contributed by atoms with van der Waals surface area (Å²) in [5.41, 5.74) is 8.10. The summed E-state index contributed by atoms with van der Waals surface area (Å²) in [5.74, 6) is 1.87. The minimum Gasteiger partial charge on any atom is -0.484 e. The third-order valence-corrected chi connectivity index (χ3v) is 4.37. The fraction of sp³-hybridized carbons (Fsp3) is 0.500. The number of fused-ring (bicyclic) bond motifs is 1. The normalized spacial score (nSPS) is 18.4. The van der Waals surface area contributed by atoms with Crippen LogP contribution in [0.1, 0.15) is 36.6 Å². The number of thiophene rings is 1. The van der Waals surface area contributed by atoms with Gasteiger partial charge in [0.25, 0.3) is 5.89 Å². The number of anilines is 1. The van der Waals surface area contributed by atoms with Crippen LogP contribution in [0.5, 0.6) is 5.06 Å². The SMILES string of the molecule is Nc1sc2c(c1-c1nc(C3CC3)no1)CCCO2. The van der Waals surface area contributed by atoms with Gasteiger partial charge in [0.15, 0.2) is 10.9 Å². The van der Waals surface area contributed by atoms with Crippen LogP contribution in [0, 0.1) is 0 Å². The first-order chi connectivity index (χ1) is 8.83. The Balaban J connectivity index is 1.80. The molecule has 1 fully saturated rings. The molecule has 0 saturated heterocycles. The molecule has 0 unspecified atom stereocenters. The van der Waals surface area contributed by atoms with E-state index in [1.54, 1.807) is 0 Å². The summed E-state index contributed by atoms with van der Waals surface area (Å²) in [5, 5.41) is 5.68. The van der Waals surface area contributed by atoms with Crippen LogP contribution in [0.25, 0.3) is 11.5 Å². The first-order valence-electron chi connectivity index (χ1n) is 6.21. The van der Waals surface area contributed by atoms with E-state index in [4.69, 9.17) is 15.0 Å². The van der Waals surface area contributed by atoms with E-state index in [9.17, 15) is 0 Å². The minimum atomic E-state index is 0.495. The highest BCUT2D eigenvalue weighted by molar-refractivity contribution is 7.18. The van der Waals surface area contributed by atoms with Gasteiger partial charge in [-0.05, 0) is 25.7 Å². The lowest BCUT2D eigenvalue weighted by Gasteiger charge is -2.12. The monoisotopic (exact) mass is 263 g/mol. The van der Waals surface area contributed by atoms with E-state index >= 15 is 0 Å². The summed E-state index contributed by atoms with van der Waals surface area (Å²) in [7, 11) is 0. The minimum absolute atomic E-state index is 0.495. The molecule has 2 aromatic heterocycles. The number of nitrogens with two attached hydrogens (primary N) is 1. The van der Waals surface area contributed by atoms with E-state index in [1.165, 1.54) is 24.2 Å². The molecule has 0 spiro atoms. The van der Waals surface area contributed by atoms with E-state index < -0.39 is 0 Å². The maximum absolute atomic E-state index is 6.06. The van der Waals surface area contributed by atoms with Gasteiger partial charge in [0.2, 0.25) is 0 Å². The van der Waals surface area contributed by atoms with Crippen molar-refractivity contribution in [3.8, 4) is 16.5 Å². The first-order valence-corrected chi connectivity index (χ1v) is 7.02. The highest BCUT2D eigenvalue weighted by Gasteiger charge is 2.31. The summed E-state index contributed by atoms with van der Waals surface area (Å²) in [6.45, 7) is 0.767. The highest BCUT2D eigenvalue weighted by Crippen LogP contribution is 2.46. The van der Waals surface area contributed by atoms with Crippen molar-refractivity contribution in [2.24, 2.45) is 0 Å². The standard InChI is InChI=1S/C12H13N3O2S/c13-9-8(7-2-1-5-16-12(7)18-9)11-14-10(15-17-11)6-3-4-6/h6H,1-5,13H2. The van der Waals surface area contributed by atoms with Gasteiger partial charge >= 0.3 is 0 Å². The Bertz CT molecular complexity index is 600. The molecule has 0 amide bonds. The van der Waals surface area contributed by atoms with Gasteiger partial charge in [-0.1, -0.05) is 16.5 Å². The zero-order chi connectivity index (χ0) is 12.1. The lowest BCUT2D eigenvalue weighted by molar-refractivity contribution is 0.298. The molecule has 0 radical (unpaired) electrons. The van der Waals surface area contributed by atoms with E-state index in [1.807, 2.05) is 0 Å². The van der Waals surface area contributed by atoms with E-state index in [2.05, 4.69) is 10.1 Å². The Morgan fingerprint density at radius 2 is 2.22 bits per heavy atom. The second-order valence-corrected chi connectivity index (χ2v) is 5.81. The molecule has 1 aliphatic carbocycles. The van der Waals surface area contributed by atoms with Crippen molar-refractivity contribution in [3.05, 3.63) is 11.4 Å². The molecule has 2 aliphatic rings. The topological polar surface area (TPSA) is 74.2 Å². The predicted molar refractivity (Wildman–Crippen MR) is 67.8 cm³/mol. The molecule has 2 aromatic rings. The van der Waals surface area contributed by atoms with Gasteiger partial charge in [-0.3, -0.25) is 0 Å². The van der Waals surface area contributed by atoms with Crippen molar-refractivity contribution >= 4 is 16.3 Å². The van der Waals surface area contributed by atoms with E-state index in [0.29, 0.717) is 16.8 Å². The second-order valence-electron chi connectivity index (χ2n) is 4.79. The quantitative estimate of drug-likeness (QED) is 0.901. The molecule has 18 heavy (non-hydrogen) atoms. The lowest BCUT2D eigenvalue weighted by Crippen LogP contribution is -2.06. The number of nitrogen functional groups attached to an aromatic ring is 1. The fourth-order valence-corrected chi connectivity index (χ4v) is 3.28. The average molecular weight is 263 g/mol. The van der Waals surface area contributed by atoms with Gasteiger partial charge < -0.3 is 15.0 Å². The number of hydrogen-bond donors (Lipinski definition) is 1. The molecule has 5 nitrogen and oxygen atoms in total. The molecular weight excluding hydrogens is 250 g/mol. The molecule has 0 bridgehead atoms. The lowest BCUT2D eigenvalue weighted by atomic mass is 10.1. The molecule has 2 N–H and O–H groups in total. The van der Waals surface area contributed by atoms with Crippen molar-refractivity contribution in [1.82, 2.24) is 10.1 Å². The summed E-state index contributed by atoms with van der Waals surface area (Å²) >= 11 is 1.47. The van der Waals surface area contributed by atoms with Crippen molar-refractivity contribution in [3.63, 3.8) is 0 Å². The summed E-state index contributed by atoms with van der Waals surface area (Å²) in [6, 6.07) is 0. The highest BCUT2D eigenvalue weighted by atomic mass is 32.1. The smallest absolute Gasteiger partial charge is 0.261 e. The second kappa shape index (κ2) is 3.71. The maximum Gasteiger partial charge on any atom is 0.261 e. The molecule has 1 saturated carbocycles. The average Bonchev–Trinajstić information content (AvgIpc) is 3.01. The van der Waals surface area contributed by atoms with Crippen LogP contribution in [-0.2, 0) is 6.42 Å². The summed E-state index contributed by atoms with van der Waals surface area (Å²) in [6.07, 6.45) is 4.32. The Morgan fingerprint density at radius 3 is 3.06 bits per heavy atom. The molecule has 0 aromatic carbocycles. The largest absolute Gasteiger partial charge is 0.484 e. The van der Waals surface area contributed by atoms with Crippen molar-refractivity contribution in [2.45, 2.75) is 31.6 Å². The molecule has 1 aliphatic heterocycles. The molecule has 94 valence electrons. The van der Waals surface area contributed by atoms with Crippen LogP contribution >= 0.6 is 11.3 Å². The van der Waals surface area contributed by atoms with Crippen LogP contribution < -0.4 is 10.5 Å². The number of nitrogens with zero attached hydrogens (tertiary/aromatic N) is 2. The fourth-order valence-electron chi connectivity index (χ4n) is 2.30. The summed E-state index contributed by atoms with van der Waals surface area (Å²) in [4.78, 5) is 4.48. The molecule has 3 heterocycles. The summed E-state index contributed by atoms with van der Waals surface area (Å²) < 4.78 is 11.0. The van der Waals surface area contributed by atoms with Crippen LogP contribution in [0.3, 0.4) is 0 Å². The van der Waals surface area contributed by atoms with E-state index in [-0.39, 0.29) is 0 Å². The third kappa shape index (κ3) is 1.52. The predicted octanol–water partition coefficient (Wildman–Crippen LogP) is 2.58. The van der Waals surface area contributed by atoms with Crippen molar-refractivity contribution < 1.29 is 9.26 Å². The number of hydrogen-bond acceptors (Lipinski definition) is 6. The molecule has 4 rings (SSSR count). The van der Waals surface area contributed by atoms with Crippen LogP contribution in [0.4, 0.5) is 5.00 Å². The van der Waals surface area contributed by atoms with Gasteiger partial charge in [0.05, 0.1) is 12.2 Å². The van der Waals surface area contributed by atoms with Gasteiger partial charge in [-0.15, -0.1) is 0 Å². The van der Waals surface area contributed by atoms with Crippen LogP contribution in [0.2, 0.25) is 0 Å². The molecular formula is C12H13N3O2S. The van der Waals surface area contributed by atoms with E-state index in [0.717, 1.165) is 41.5 Å². The van der Waals surface area contributed by atoms with Crippen molar-refractivity contribution in [2.75, 3.05) is 12.3 Å². The van der Waals surface area contributed by atoms with Gasteiger partial charge in [0.1, 0.15) is 5.00 Å². The Morgan fingerprint density at radius 1 is 1.33 bits per heavy atom. The van der Waals surface area contributed by atoms with Gasteiger partial charge in [-0.2, -0.15) is 4.98 Å². The number of ether oxygens (including phenoxy) is 1. The zero-order valence-corrected chi connectivity index (χ0v) is 10.6. The molecule has 0 atom stereocenters.